The van der Waals surface area contributed by atoms with E-state index in [1.54, 1.807) is 0 Å². The molecular weight excluding hydrogens is 244 g/mol. The maximum atomic E-state index is 11.6. The Morgan fingerprint density at radius 3 is 2.42 bits per heavy atom. The summed E-state index contributed by atoms with van der Waals surface area (Å²) in [4.78, 5) is 22.4. The van der Waals surface area contributed by atoms with Gasteiger partial charge in [0.15, 0.2) is 0 Å². The summed E-state index contributed by atoms with van der Waals surface area (Å²) in [5.41, 5.74) is 0. The third-order valence-corrected chi connectivity index (χ3v) is 4.01. The van der Waals surface area contributed by atoms with E-state index in [9.17, 15) is 9.59 Å². The van der Waals surface area contributed by atoms with E-state index in [0.29, 0.717) is 25.0 Å². The van der Waals surface area contributed by atoms with Crippen molar-refractivity contribution in [2.45, 2.75) is 52.0 Å². The van der Waals surface area contributed by atoms with Crippen LogP contribution >= 0.6 is 0 Å². The van der Waals surface area contributed by atoms with E-state index in [1.165, 1.54) is 0 Å². The molecule has 1 unspecified atom stereocenters. The van der Waals surface area contributed by atoms with E-state index in [4.69, 9.17) is 5.11 Å². The molecule has 1 amide bonds. The molecule has 3 N–H and O–H groups in total. The maximum absolute atomic E-state index is 11.6. The van der Waals surface area contributed by atoms with Gasteiger partial charge in [-0.3, -0.25) is 9.59 Å². The number of rotatable bonds is 7. The Morgan fingerprint density at radius 2 is 1.89 bits per heavy atom. The molecule has 19 heavy (non-hydrogen) atoms. The Morgan fingerprint density at radius 1 is 1.26 bits per heavy atom. The van der Waals surface area contributed by atoms with Crippen LogP contribution in [-0.4, -0.2) is 36.1 Å². The first kappa shape index (κ1) is 16.0. The topological polar surface area (TPSA) is 78.4 Å². The molecule has 0 saturated heterocycles. The van der Waals surface area contributed by atoms with Gasteiger partial charge in [-0.15, -0.1) is 0 Å². The first-order valence-corrected chi connectivity index (χ1v) is 7.25. The van der Waals surface area contributed by atoms with Gasteiger partial charge in [0.2, 0.25) is 5.91 Å². The number of carboxylic acid groups (broad SMARTS) is 1. The van der Waals surface area contributed by atoms with Crippen molar-refractivity contribution in [1.29, 1.82) is 0 Å². The average molecular weight is 270 g/mol. The summed E-state index contributed by atoms with van der Waals surface area (Å²) in [6.45, 7) is 5.17. The van der Waals surface area contributed by atoms with Gasteiger partial charge in [0.05, 0.1) is 12.5 Å². The van der Waals surface area contributed by atoms with Crippen molar-refractivity contribution in [3.8, 4) is 0 Å². The van der Waals surface area contributed by atoms with E-state index in [2.05, 4.69) is 24.5 Å². The molecule has 0 aromatic carbocycles. The second-order valence-electron chi connectivity index (χ2n) is 5.55. The molecule has 0 aromatic rings. The number of nitrogens with one attached hydrogen (secondary N) is 2. The highest BCUT2D eigenvalue weighted by Crippen LogP contribution is 2.28. The van der Waals surface area contributed by atoms with Crippen molar-refractivity contribution in [3.05, 3.63) is 0 Å². The summed E-state index contributed by atoms with van der Waals surface area (Å²) in [6, 6.07) is 0.358. The molecule has 0 aromatic heterocycles. The van der Waals surface area contributed by atoms with Gasteiger partial charge < -0.3 is 15.7 Å². The van der Waals surface area contributed by atoms with E-state index in [1.807, 2.05) is 0 Å². The molecule has 0 radical (unpaired) electrons. The van der Waals surface area contributed by atoms with Crippen molar-refractivity contribution in [2.24, 2.45) is 11.8 Å². The summed E-state index contributed by atoms with van der Waals surface area (Å²) in [5, 5.41) is 15.0. The normalized spacial score (nSPS) is 24.7. The zero-order valence-corrected chi connectivity index (χ0v) is 11.9. The molecule has 0 bridgehead atoms. The van der Waals surface area contributed by atoms with Crippen LogP contribution in [0.5, 0.6) is 0 Å². The monoisotopic (exact) mass is 270 g/mol. The maximum Gasteiger partial charge on any atom is 0.306 e. The lowest BCUT2D eigenvalue weighted by molar-refractivity contribution is -0.143. The molecule has 5 nitrogen and oxygen atoms in total. The summed E-state index contributed by atoms with van der Waals surface area (Å²) in [6.07, 6.45) is 4.28. The van der Waals surface area contributed by atoms with Gasteiger partial charge in [0, 0.05) is 12.6 Å². The molecule has 110 valence electrons. The predicted molar refractivity (Wildman–Crippen MR) is 73.8 cm³/mol. The standard InChI is InChI=1S/C14H26N2O3/c1-3-10(2)15-9-13(17)16-8-11-4-6-12(7-5-11)14(18)19/h10-12,15H,3-9H2,1-2H3,(H,16,17)(H,18,19). The quantitative estimate of drug-likeness (QED) is 0.653. The van der Waals surface area contributed by atoms with Crippen LogP contribution in [0.2, 0.25) is 0 Å². The van der Waals surface area contributed by atoms with Crippen LogP contribution in [0.1, 0.15) is 46.0 Å². The van der Waals surface area contributed by atoms with Gasteiger partial charge in [0.1, 0.15) is 0 Å². The van der Waals surface area contributed by atoms with Crippen LogP contribution in [0.25, 0.3) is 0 Å². The smallest absolute Gasteiger partial charge is 0.306 e. The minimum Gasteiger partial charge on any atom is -0.481 e. The van der Waals surface area contributed by atoms with Crippen LogP contribution in [0.3, 0.4) is 0 Å². The lowest BCUT2D eigenvalue weighted by Crippen LogP contribution is -2.40. The number of amides is 1. The van der Waals surface area contributed by atoms with Gasteiger partial charge in [-0.1, -0.05) is 6.92 Å². The number of carbonyl (C=O) groups is 2. The second kappa shape index (κ2) is 8.15. The number of hydrogen-bond donors (Lipinski definition) is 3. The number of hydrogen-bond acceptors (Lipinski definition) is 3. The first-order valence-electron chi connectivity index (χ1n) is 7.25. The number of carboxylic acids is 1. The molecule has 0 aliphatic heterocycles. The summed E-state index contributed by atoms with van der Waals surface area (Å²) < 4.78 is 0. The average Bonchev–Trinajstić information content (AvgIpc) is 2.42. The SMILES string of the molecule is CCC(C)NCC(=O)NCC1CCC(C(=O)O)CC1. The molecule has 5 heteroatoms. The van der Waals surface area contributed by atoms with Crippen LogP contribution in [-0.2, 0) is 9.59 Å². The number of carbonyl (C=O) groups excluding carboxylic acids is 1. The van der Waals surface area contributed by atoms with Gasteiger partial charge in [0.25, 0.3) is 0 Å². The predicted octanol–water partition coefficient (Wildman–Crippen LogP) is 1.38. The van der Waals surface area contributed by atoms with Crippen molar-refractivity contribution >= 4 is 11.9 Å². The van der Waals surface area contributed by atoms with Crippen LogP contribution in [0.4, 0.5) is 0 Å². The van der Waals surface area contributed by atoms with Crippen molar-refractivity contribution in [1.82, 2.24) is 10.6 Å². The third kappa shape index (κ3) is 6.05. The van der Waals surface area contributed by atoms with Gasteiger partial charge in [-0.25, -0.2) is 0 Å². The largest absolute Gasteiger partial charge is 0.481 e. The molecule has 1 atom stereocenters. The Hall–Kier alpha value is -1.10. The molecule has 1 rings (SSSR count). The summed E-state index contributed by atoms with van der Waals surface area (Å²) in [5.74, 6) is -0.400. The lowest BCUT2D eigenvalue weighted by atomic mass is 9.82. The minimum atomic E-state index is -0.680. The minimum absolute atomic E-state index is 0.0284. The molecule has 0 heterocycles. The molecule has 1 aliphatic rings. The third-order valence-electron chi connectivity index (χ3n) is 4.01. The van der Waals surface area contributed by atoms with Crippen molar-refractivity contribution in [3.63, 3.8) is 0 Å². The zero-order valence-electron chi connectivity index (χ0n) is 11.9. The van der Waals surface area contributed by atoms with Crippen LogP contribution in [0, 0.1) is 11.8 Å². The van der Waals surface area contributed by atoms with E-state index < -0.39 is 5.97 Å². The fourth-order valence-corrected chi connectivity index (χ4v) is 2.35. The van der Waals surface area contributed by atoms with Crippen molar-refractivity contribution in [2.75, 3.05) is 13.1 Å². The van der Waals surface area contributed by atoms with E-state index in [0.717, 1.165) is 32.1 Å². The zero-order chi connectivity index (χ0) is 14.3. The van der Waals surface area contributed by atoms with Gasteiger partial charge >= 0.3 is 5.97 Å². The van der Waals surface area contributed by atoms with E-state index >= 15 is 0 Å². The molecule has 1 aliphatic carbocycles. The number of aliphatic carboxylic acids is 1. The highest BCUT2D eigenvalue weighted by Gasteiger charge is 2.25. The van der Waals surface area contributed by atoms with Gasteiger partial charge in [-0.05, 0) is 44.9 Å². The van der Waals surface area contributed by atoms with Crippen molar-refractivity contribution < 1.29 is 14.7 Å². The fraction of sp³-hybridized carbons (Fsp3) is 0.857. The Kier molecular flexibility index (Phi) is 6.84. The van der Waals surface area contributed by atoms with Crippen LogP contribution < -0.4 is 10.6 Å². The Balaban J connectivity index is 2.13. The van der Waals surface area contributed by atoms with Gasteiger partial charge in [-0.2, -0.15) is 0 Å². The van der Waals surface area contributed by atoms with E-state index in [-0.39, 0.29) is 11.8 Å². The second-order valence-corrected chi connectivity index (χ2v) is 5.55. The van der Waals surface area contributed by atoms with Crippen LogP contribution in [0.15, 0.2) is 0 Å². The lowest BCUT2D eigenvalue weighted by Gasteiger charge is -2.26. The molecular formula is C14H26N2O3. The highest BCUT2D eigenvalue weighted by atomic mass is 16.4. The summed E-state index contributed by atoms with van der Waals surface area (Å²) in [7, 11) is 0. The Bertz CT molecular complexity index is 299. The molecule has 1 fully saturated rings. The summed E-state index contributed by atoms with van der Waals surface area (Å²) >= 11 is 0. The fourth-order valence-electron chi connectivity index (χ4n) is 2.35. The molecule has 0 spiro atoms. The highest BCUT2D eigenvalue weighted by molar-refractivity contribution is 5.78. The Labute approximate surface area is 115 Å². The first-order chi connectivity index (χ1) is 9.02. The molecule has 1 saturated carbocycles.